The van der Waals surface area contributed by atoms with Gasteiger partial charge >= 0.3 is 6.03 Å². The third-order valence-electron chi connectivity index (χ3n) is 8.53. The number of carbonyl (C=O) groups excluding carboxylic acids is 2. The van der Waals surface area contributed by atoms with Crippen LogP contribution < -0.4 is 5.32 Å². The van der Waals surface area contributed by atoms with Crippen LogP contribution in [0.15, 0.2) is 10.6 Å². The average Bonchev–Trinajstić information content (AvgIpc) is 3.34. The van der Waals surface area contributed by atoms with Crippen molar-refractivity contribution in [2.45, 2.75) is 77.0 Å². The Balaban J connectivity index is 1.09. The molecule has 0 radical (unpaired) electrons. The molecule has 2 aromatic rings. The second-order valence-corrected chi connectivity index (χ2v) is 11.3. The van der Waals surface area contributed by atoms with Crippen LogP contribution in [0.4, 0.5) is 10.6 Å². The Bertz CT molecular complexity index is 1150. The Morgan fingerprint density at radius 1 is 1.08 bits per heavy atom. The van der Waals surface area contributed by atoms with Crippen LogP contribution in [-0.2, 0) is 11.3 Å². The summed E-state index contributed by atoms with van der Waals surface area (Å²) < 4.78 is 10.8. The molecule has 0 bridgehead atoms. The second-order valence-electron chi connectivity index (χ2n) is 11.3. The molecular formula is C26H37N7O4. The maximum absolute atomic E-state index is 13.7. The highest BCUT2D eigenvalue weighted by atomic mass is 16.5. The molecule has 11 nitrogen and oxygen atoms in total. The zero-order chi connectivity index (χ0) is 25.7. The van der Waals surface area contributed by atoms with Crippen LogP contribution in [-0.4, -0.2) is 86.9 Å². The molecule has 1 unspecified atom stereocenters. The Labute approximate surface area is 216 Å². The average molecular weight is 512 g/mol. The van der Waals surface area contributed by atoms with Gasteiger partial charge in [-0.2, -0.15) is 5.10 Å². The minimum Gasteiger partial charge on any atom is -0.381 e. The minimum atomic E-state index is -0.356. The molecule has 1 saturated carbocycles. The Morgan fingerprint density at radius 2 is 1.86 bits per heavy atom. The van der Waals surface area contributed by atoms with Gasteiger partial charge < -0.3 is 24.4 Å². The molecule has 37 heavy (non-hydrogen) atoms. The lowest BCUT2D eigenvalue weighted by Gasteiger charge is -2.46. The van der Waals surface area contributed by atoms with Crippen molar-refractivity contribution in [3.05, 3.63) is 28.8 Å². The first kappa shape index (κ1) is 24.4. The maximum atomic E-state index is 13.7. The summed E-state index contributed by atoms with van der Waals surface area (Å²) in [4.78, 5) is 32.9. The number of aromatic amines is 1. The van der Waals surface area contributed by atoms with Gasteiger partial charge in [0, 0.05) is 62.5 Å². The molecule has 3 amide bonds. The van der Waals surface area contributed by atoms with E-state index >= 15 is 0 Å². The molecule has 6 rings (SSSR count). The second kappa shape index (κ2) is 9.75. The number of nitrogens with zero attached hydrogens (tertiary/aromatic N) is 5. The van der Waals surface area contributed by atoms with Gasteiger partial charge in [-0.3, -0.25) is 14.8 Å². The van der Waals surface area contributed by atoms with E-state index in [1.54, 1.807) is 6.07 Å². The van der Waals surface area contributed by atoms with Crippen molar-refractivity contribution in [2.75, 3.05) is 38.2 Å². The Morgan fingerprint density at radius 3 is 2.62 bits per heavy atom. The summed E-state index contributed by atoms with van der Waals surface area (Å²) in [5, 5.41) is 14.2. The molecule has 2 N–H and O–H groups in total. The molecule has 3 atom stereocenters. The van der Waals surface area contributed by atoms with Gasteiger partial charge in [-0.1, -0.05) is 5.16 Å². The summed E-state index contributed by atoms with van der Waals surface area (Å²) in [6.07, 6.45) is 4.39. The van der Waals surface area contributed by atoms with Crippen LogP contribution >= 0.6 is 0 Å². The quantitative estimate of drug-likeness (QED) is 0.632. The van der Waals surface area contributed by atoms with Gasteiger partial charge in [0.2, 0.25) is 0 Å². The summed E-state index contributed by atoms with van der Waals surface area (Å²) in [6.45, 7) is 11.1. The van der Waals surface area contributed by atoms with E-state index in [-0.39, 0.29) is 29.7 Å². The Kier molecular flexibility index (Phi) is 6.44. The van der Waals surface area contributed by atoms with E-state index in [9.17, 15) is 9.59 Å². The van der Waals surface area contributed by atoms with Crippen molar-refractivity contribution in [1.82, 2.24) is 30.1 Å². The number of ether oxygens (including phenoxy) is 1. The molecule has 2 saturated heterocycles. The molecule has 1 aliphatic carbocycles. The van der Waals surface area contributed by atoms with E-state index in [2.05, 4.69) is 39.4 Å². The van der Waals surface area contributed by atoms with Crippen LogP contribution in [0, 0.1) is 5.92 Å². The number of piperazine rings is 1. The van der Waals surface area contributed by atoms with Crippen molar-refractivity contribution in [3.8, 4) is 0 Å². The standard InChI is InChI=1S/C26H37N7O4/c1-15-12-32(16(2)11-31(15)13-18-6-8-36-9-7-18)26(35)33-14-20-23(17(33)3)28-29-24(20)27-25(34)21-10-22(37-30-21)19-4-5-19/h10,15-19H,4-9,11-14H2,1-3H3,(H2,27,28,29,34)/t15-,16+,17?/m1/s1. The van der Waals surface area contributed by atoms with Gasteiger partial charge in [-0.15, -0.1) is 0 Å². The SMILES string of the molecule is CC1c2[nH]nc(NC(=O)c3cc(C4CC4)on3)c2CN1C(=O)N1C[C@@H](C)N(CC2CCOCC2)C[C@@H]1C. The van der Waals surface area contributed by atoms with E-state index in [0.717, 1.165) is 69.0 Å². The predicted molar refractivity (Wildman–Crippen MR) is 135 cm³/mol. The highest BCUT2D eigenvalue weighted by Gasteiger charge is 2.41. The molecule has 3 aliphatic heterocycles. The fraction of sp³-hybridized carbons (Fsp3) is 0.692. The van der Waals surface area contributed by atoms with E-state index < -0.39 is 0 Å². The number of H-pyrrole nitrogens is 1. The van der Waals surface area contributed by atoms with Gasteiger partial charge in [-0.05, 0) is 52.4 Å². The fourth-order valence-corrected chi connectivity index (χ4v) is 5.96. The van der Waals surface area contributed by atoms with E-state index in [4.69, 9.17) is 9.26 Å². The van der Waals surface area contributed by atoms with Gasteiger partial charge in [0.15, 0.2) is 11.5 Å². The van der Waals surface area contributed by atoms with Crippen LogP contribution in [0.3, 0.4) is 0 Å². The molecule has 2 aromatic heterocycles. The molecule has 5 heterocycles. The van der Waals surface area contributed by atoms with E-state index in [1.165, 1.54) is 0 Å². The van der Waals surface area contributed by atoms with Crippen molar-refractivity contribution in [1.29, 1.82) is 0 Å². The lowest BCUT2D eigenvalue weighted by atomic mass is 9.97. The van der Waals surface area contributed by atoms with Crippen LogP contribution in [0.1, 0.15) is 85.9 Å². The number of hydrogen-bond acceptors (Lipinski definition) is 7. The molecule has 3 fully saturated rings. The lowest BCUT2D eigenvalue weighted by molar-refractivity contribution is 0.0127. The molecule has 4 aliphatic rings. The van der Waals surface area contributed by atoms with E-state index in [1.807, 2.05) is 16.7 Å². The number of aromatic nitrogens is 3. The third kappa shape index (κ3) is 4.74. The number of anilines is 1. The topological polar surface area (TPSA) is 120 Å². The van der Waals surface area contributed by atoms with Crippen molar-refractivity contribution < 1.29 is 18.8 Å². The summed E-state index contributed by atoms with van der Waals surface area (Å²) in [7, 11) is 0. The number of rotatable bonds is 5. The van der Waals surface area contributed by atoms with Gasteiger partial charge in [0.25, 0.3) is 5.91 Å². The number of nitrogens with one attached hydrogen (secondary N) is 2. The summed E-state index contributed by atoms with van der Waals surface area (Å²) in [6, 6.07) is 2.02. The Hall–Kier alpha value is -2.92. The number of carbonyl (C=O) groups is 2. The predicted octanol–water partition coefficient (Wildman–Crippen LogP) is 3.35. The van der Waals surface area contributed by atoms with Crippen molar-refractivity contribution in [2.24, 2.45) is 5.92 Å². The van der Waals surface area contributed by atoms with Crippen molar-refractivity contribution >= 4 is 17.8 Å². The normalized spacial score (nSPS) is 26.9. The zero-order valence-electron chi connectivity index (χ0n) is 21.9. The van der Waals surface area contributed by atoms with Gasteiger partial charge in [-0.25, -0.2) is 4.79 Å². The monoisotopic (exact) mass is 511 g/mol. The van der Waals surface area contributed by atoms with Gasteiger partial charge in [0.05, 0.1) is 18.3 Å². The first-order valence-electron chi connectivity index (χ1n) is 13.6. The first-order valence-corrected chi connectivity index (χ1v) is 13.6. The number of hydrogen-bond donors (Lipinski definition) is 2. The summed E-state index contributed by atoms with van der Waals surface area (Å²) in [5.74, 6) is 1.91. The molecule has 11 heteroatoms. The summed E-state index contributed by atoms with van der Waals surface area (Å²) >= 11 is 0. The number of amides is 3. The fourth-order valence-electron chi connectivity index (χ4n) is 5.96. The maximum Gasteiger partial charge on any atom is 0.321 e. The number of fused-ring (bicyclic) bond motifs is 1. The smallest absolute Gasteiger partial charge is 0.321 e. The highest BCUT2D eigenvalue weighted by Crippen LogP contribution is 2.40. The zero-order valence-corrected chi connectivity index (χ0v) is 21.9. The minimum absolute atomic E-state index is 0.0324. The highest BCUT2D eigenvalue weighted by molar-refractivity contribution is 6.02. The lowest BCUT2D eigenvalue weighted by Crippen LogP contribution is -2.60. The van der Waals surface area contributed by atoms with Crippen LogP contribution in [0.2, 0.25) is 0 Å². The first-order chi connectivity index (χ1) is 17.9. The summed E-state index contributed by atoms with van der Waals surface area (Å²) in [5.41, 5.74) is 1.96. The molecule has 0 spiro atoms. The van der Waals surface area contributed by atoms with Crippen LogP contribution in [0.5, 0.6) is 0 Å². The number of urea groups is 1. The van der Waals surface area contributed by atoms with Crippen LogP contribution in [0.25, 0.3) is 0 Å². The molecule has 0 aromatic carbocycles. The third-order valence-corrected chi connectivity index (χ3v) is 8.53. The molecule has 200 valence electrons. The largest absolute Gasteiger partial charge is 0.381 e. The van der Waals surface area contributed by atoms with Crippen molar-refractivity contribution in [3.63, 3.8) is 0 Å². The molecular weight excluding hydrogens is 474 g/mol. The van der Waals surface area contributed by atoms with E-state index in [0.29, 0.717) is 36.8 Å². The van der Waals surface area contributed by atoms with Gasteiger partial charge in [0.1, 0.15) is 5.76 Å².